The van der Waals surface area contributed by atoms with E-state index in [1.165, 1.54) is 12.1 Å². The maximum atomic E-state index is 12.7. The Morgan fingerprint density at radius 3 is 2.20 bits per heavy atom. The summed E-state index contributed by atoms with van der Waals surface area (Å²) in [6.07, 6.45) is 6.12. The Hall–Kier alpha value is -2.39. The molecule has 164 valence electrons. The summed E-state index contributed by atoms with van der Waals surface area (Å²) in [5, 5.41) is 2.70. The van der Waals surface area contributed by atoms with Crippen molar-refractivity contribution in [1.29, 1.82) is 4.78 Å². The lowest BCUT2D eigenvalue weighted by molar-refractivity contribution is 0.102. The number of carbonyl (C=O) groups excluding carboxylic acids is 1. The SMILES string of the molecule is CCCCCCCS(=N)(=O)c1ccc(NC(=O)c2ccccc2NS(C)(=O)=O)cc1. The molecule has 1 unspecified atom stereocenters. The zero-order chi connectivity index (χ0) is 22.2. The quantitative estimate of drug-likeness (QED) is 0.430. The average Bonchev–Trinajstić information content (AvgIpc) is 2.67. The average molecular weight is 452 g/mol. The molecule has 0 spiro atoms. The second-order valence-electron chi connectivity index (χ2n) is 7.19. The molecular formula is C21H29N3O4S2. The number of benzene rings is 2. The molecule has 9 heteroatoms. The van der Waals surface area contributed by atoms with Gasteiger partial charge in [-0.25, -0.2) is 17.4 Å². The third kappa shape index (κ3) is 7.46. The van der Waals surface area contributed by atoms with E-state index in [0.717, 1.165) is 38.4 Å². The maximum absolute atomic E-state index is 12.7. The first-order valence-electron chi connectivity index (χ1n) is 9.87. The van der Waals surface area contributed by atoms with Gasteiger partial charge in [0.2, 0.25) is 10.0 Å². The van der Waals surface area contributed by atoms with Gasteiger partial charge in [0.25, 0.3) is 5.91 Å². The third-order valence-corrected chi connectivity index (χ3v) is 6.98. The van der Waals surface area contributed by atoms with Crippen molar-refractivity contribution in [3.05, 3.63) is 54.1 Å². The fourth-order valence-corrected chi connectivity index (χ4v) is 4.95. The van der Waals surface area contributed by atoms with Crippen molar-refractivity contribution in [1.82, 2.24) is 0 Å². The van der Waals surface area contributed by atoms with Crippen LogP contribution in [0.2, 0.25) is 0 Å². The number of nitrogens with one attached hydrogen (secondary N) is 3. The van der Waals surface area contributed by atoms with Crippen molar-refractivity contribution in [2.75, 3.05) is 22.0 Å². The molecule has 0 aromatic heterocycles. The van der Waals surface area contributed by atoms with Crippen LogP contribution in [0.25, 0.3) is 0 Å². The monoisotopic (exact) mass is 451 g/mol. The van der Waals surface area contributed by atoms with Crippen LogP contribution in [0.15, 0.2) is 53.4 Å². The molecule has 1 atom stereocenters. The zero-order valence-corrected chi connectivity index (χ0v) is 18.9. The van der Waals surface area contributed by atoms with Gasteiger partial charge in [-0.2, -0.15) is 0 Å². The lowest BCUT2D eigenvalue weighted by atomic mass is 10.1. The molecule has 0 fully saturated rings. The maximum Gasteiger partial charge on any atom is 0.257 e. The molecule has 0 saturated carbocycles. The molecule has 0 aliphatic rings. The summed E-state index contributed by atoms with van der Waals surface area (Å²) < 4.78 is 46.2. The second kappa shape index (κ2) is 10.6. The standard InChI is InChI=1S/C21H29N3O4S2/c1-3-4-5-6-9-16-30(22,28)18-14-12-17(13-15-18)23-21(25)19-10-7-8-11-20(19)24-29(2,26)27/h7-8,10-15,22,24H,3-6,9,16H2,1-2H3,(H,23,25). The Balaban J connectivity index is 2.05. The van der Waals surface area contributed by atoms with Crippen molar-refractivity contribution >= 4 is 37.0 Å². The summed E-state index contributed by atoms with van der Waals surface area (Å²) >= 11 is 0. The van der Waals surface area contributed by atoms with E-state index in [4.69, 9.17) is 4.78 Å². The van der Waals surface area contributed by atoms with E-state index < -0.39 is 25.7 Å². The fourth-order valence-electron chi connectivity index (χ4n) is 2.95. The minimum Gasteiger partial charge on any atom is -0.322 e. The second-order valence-corrected chi connectivity index (χ2v) is 11.2. The lowest BCUT2D eigenvalue weighted by Gasteiger charge is -2.12. The van der Waals surface area contributed by atoms with Crippen molar-refractivity contribution < 1.29 is 17.4 Å². The van der Waals surface area contributed by atoms with Crippen molar-refractivity contribution in [3.8, 4) is 0 Å². The van der Waals surface area contributed by atoms with Crippen LogP contribution in [0.5, 0.6) is 0 Å². The summed E-state index contributed by atoms with van der Waals surface area (Å²) in [5.74, 6) is -0.149. The topological polar surface area (TPSA) is 116 Å². The van der Waals surface area contributed by atoms with Crippen LogP contribution in [0.3, 0.4) is 0 Å². The molecule has 2 rings (SSSR count). The molecule has 0 bridgehead atoms. The van der Waals surface area contributed by atoms with Gasteiger partial charge in [0, 0.05) is 16.3 Å². The number of amides is 1. The molecule has 0 saturated heterocycles. The number of para-hydroxylation sites is 1. The Morgan fingerprint density at radius 1 is 0.933 bits per heavy atom. The fraction of sp³-hybridized carbons (Fsp3) is 0.381. The van der Waals surface area contributed by atoms with Crippen LogP contribution in [-0.2, 0) is 19.8 Å². The number of hydrogen-bond acceptors (Lipinski definition) is 5. The summed E-state index contributed by atoms with van der Waals surface area (Å²) in [6, 6.07) is 12.7. The van der Waals surface area contributed by atoms with Gasteiger partial charge in [0.1, 0.15) is 0 Å². The first-order valence-corrected chi connectivity index (χ1v) is 13.5. The summed E-state index contributed by atoms with van der Waals surface area (Å²) in [5.41, 5.74) is 0.839. The number of hydrogen-bond donors (Lipinski definition) is 3. The molecular weight excluding hydrogens is 422 g/mol. The molecule has 0 aliphatic carbocycles. The number of anilines is 2. The van der Waals surface area contributed by atoms with Crippen LogP contribution < -0.4 is 10.0 Å². The van der Waals surface area contributed by atoms with Gasteiger partial charge < -0.3 is 5.32 Å². The summed E-state index contributed by atoms with van der Waals surface area (Å²) in [4.78, 5) is 13.0. The van der Waals surface area contributed by atoms with E-state index >= 15 is 0 Å². The minimum absolute atomic E-state index is 0.184. The molecule has 3 N–H and O–H groups in total. The summed E-state index contributed by atoms with van der Waals surface area (Å²) in [7, 11) is -6.39. The van der Waals surface area contributed by atoms with Gasteiger partial charge in [0.05, 0.1) is 27.2 Å². The Bertz CT molecular complexity index is 1060. The third-order valence-electron chi connectivity index (χ3n) is 4.50. The highest BCUT2D eigenvalue weighted by Crippen LogP contribution is 2.21. The number of rotatable bonds is 11. The van der Waals surface area contributed by atoms with E-state index in [-0.39, 0.29) is 11.3 Å². The van der Waals surface area contributed by atoms with Crippen molar-refractivity contribution in [2.24, 2.45) is 0 Å². The van der Waals surface area contributed by atoms with E-state index in [9.17, 15) is 17.4 Å². The number of carbonyl (C=O) groups is 1. The predicted molar refractivity (Wildman–Crippen MR) is 122 cm³/mol. The summed E-state index contributed by atoms with van der Waals surface area (Å²) in [6.45, 7) is 2.13. The van der Waals surface area contributed by atoms with Crippen molar-refractivity contribution in [2.45, 2.75) is 43.9 Å². The molecule has 30 heavy (non-hydrogen) atoms. The smallest absolute Gasteiger partial charge is 0.257 e. The predicted octanol–water partition coefficient (Wildman–Crippen LogP) is 4.69. The molecule has 2 aromatic rings. The van der Waals surface area contributed by atoms with Gasteiger partial charge in [-0.3, -0.25) is 9.52 Å². The van der Waals surface area contributed by atoms with Crippen LogP contribution in [0.1, 0.15) is 49.4 Å². The normalized spacial score (nSPS) is 13.4. The first kappa shape index (κ1) is 23.9. The molecule has 0 heterocycles. The van der Waals surface area contributed by atoms with Crippen molar-refractivity contribution in [3.63, 3.8) is 0 Å². The molecule has 7 nitrogen and oxygen atoms in total. The van der Waals surface area contributed by atoms with E-state index in [0.29, 0.717) is 16.3 Å². The molecule has 0 radical (unpaired) electrons. The van der Waals surface area contributed by atoms with E-state index in [1.807, 2.05) is 0 Å². The highest BCUT2D eigenvalue weighted by molar-refractivity contribution is 7.92. The van der Waals surface area contributed by atoms with Gasteiger partial charge >= 0.3 is 0 Å². The highest BCUT2D eigenvalue weighted by atomic mass is 32.2. The van der Waals surface area contributed by atoms with E-state index in [1.54, 1.807) is 36.4 Å². The Labute approximate surface area is 179 Å². The number of sulfonamides is 1. The first-order chi connectivity index (χ1) is 14.1. The number of unbranched alkanes of at least 4 members (excludes halogenated alkanes) is 4. The van der Waals surface area contributed by atoms with E-state index in [2.05, 4.69) is 17.0 Å². The Kier molecular flexibility index (Phi) is 8.43. The minimum atomic E-state index is -3.52. The van der Waals surface area contributed by atoms with Crippen LogP contribution >= 0.6 is 0 Å². The lowest BCUT2D eigenvalue weighted by Crippen LogP contribution is -2.17. The Morgan fingerprint density at radius 2 is 1.57 bits per heavy atom. The van der Waals surface area contributed by atoms with Crippen LogP contribution in [0, 0.1) is 4.78 Å². The van der Waals surface area contributed by atoms with Gasteiger partial charge in [-0.05, 0) is 42.8 Å². The zero-order valence-electron chi connectivity index (χ0n) is 17.3. The van der Waals surface area contributed by atoms with Gasteiger partial charge in [0.15, 0.2) is 0 Å². The van der Waals surface area contributed by atoms with Gasteiger partial charge in [-0.1, -0.05) is 44.7 Å². The van der Waals surface area contributed by atoms with Crippen LogP contribution in [0.4, 0.5) is 11.4 Å². The molecule has 1 amide bonds. The molecule has 2 aromatic carbocycles. The van der Waals surface area contributed by atoms with Gasteiger partial charge in [-0.15, -0.1) is 0 Å². The highest BCUT2D eigenvalue weighted by Gasteiger charge is 2.15. The van der Waals surface area contributed by atoms with Crippen LogP contribution in [-0.4, -0.2) is 30.5 Å². The molecule has 0 aliphatic heterocycles. The largest absolute Gasteiger partial charge is 0.322 e.